The average molecular weight is 341 g/mol. The number of fused-ring (bicyclic) bond motifs is 2. The minimum atomic E-state index is 0.471. The smallest absolute Gasteiger partial charge is 0.159 e. The van der Waals surface area contributed by atoms with Gasteiger partial charge in [0.25, 0.3) is 0 Å². The van der Waals surface area contributed by atoms with E-state index in [0.717, 1.165) is 10.3 Å². The molecule has 3 rings (SSSR count). The Morgan fingerprint density at radius 2 is 1.90 bits per heavy atom. The van der Waals surface area contributed by atoms with Gasteiger partial charge >= 0.3 is 0 Å². The van der Waals surface area contributed by atoms with Crippen LogP contribution in [0.3, 0.4) is 0 Å². The van der Waals surface area contributed by atoms with E-state index in [1.54, 1.807) is 0 Å². The highest BCUT2D eigenvalue weighted by Gasteiger charge is 2.36. The molecule has 2 unspecified atom stereocenters. The normalized spacial score (nSPS) is 30.1. The highest BCUT2D eigenvalue weighted by molar-refractivity contribution is 9.10. The van der Waals surface area contributed by atoms with Crippen LogP contribution in [0, 0.1) is 0 Å². The molecule has 2 aliphatic rings. The van der Waals surface area contributed by atoms with Gasteiger partial charge in [0.1, 0.15) is 16.6 Å². The first kappa shape index (κ1) is 14.0. The number of hydrazine groups is 1. The van der Waals surface area contributed by atoms with Crippen LogP contribution >= 0.6 is 15.9 Å². The third-order valence-corrected chi connectivity index (χ3v) is 5.36. The number of halogens is 1. The predicted molar refractivity (Wildman–Crippen MR) is 83.4 cm³/mol. The Morgan fingerprint density at radius 1 is 1.25 bits per heavy atom. The van der Waals surface area contributed by atoms with Gasteiger partial charge in [-0.1, -0.05) is 6.42 Å². The fourth-order valence-corrected chi connectivity index (χ4v) is 3.93. The quantitative estimate of drug-likeness (QED) is 0.576. The fraction of sp³-hybridized carbons (Fsp3) is 0.692. The maximum Gasteiger partial charge on any atom is 0.159 e. The van der Waals surface area contributed by atoms with Crippen molar-refractivity contribution in [2.75, 3.05) is 17.8 Å². The Morgan fingerprint density at radius 3 is 2.55 bits per heavy atom. The molecular formula is C13H21BrN6. The van der Waals surface area contributed by atoms with E-state index in [2.05, 4.69) is 48.6 Å². The van der Waals surface area contributed by atoms with Crippen molar-refractivity contribution in [1.82, 2.24) is 14.9 Å². The summed E-state index contributed by atoms with van der Waals surface area (Å²) in [6.07, 6.45) is 7.87. The maximum absolute atomic E-state index is 5.44. The van der Waals surface area contributed by atoms with Gasteiger partial charge in [0.05, 0.1) is 0 Å². The Balaban J connectivity index is 1.73. The van der Waals surface area contributed by atoms with E-state index in [9.17, 15) is 0 Å². The summed E-state index contributed by atoms with van der Waals surface area (Å²) in [6.45, 7) is 0. The van der Waals surface area contributed by atoms with E-state index in [0.29, 0.717) is 23.9 Å². The van der Waals surface area contributed by atoms with Crippen LogP contribution in [0.15, 0.2) is 10.8 Å². The number of nitrogens with zero attached hydrogens (tertiary/aromatic N) is 3. The Hall–Kier alpha value is -0.920. The van der Waals surface area contributed by atoms with Crippen molar-refractivity contribution in [2.45, 2.75) is 50.2 Å². The van der Waals surface area contributed by atoms with E-state index >= 15 is 0 Å². The van der Waals surface area contributed by atoms with Crippen molar-refractivity contribution in [3.63, 3.8) is 0 Å². The zero-order chi connectivity index (χ0) is 14.1. The van der Waals surface area contributed by atoms with Crippen LogP contribution in [-0.4, -0.2) is 40.0 Å². The molecule has 0 saturated carbocycles. The van der Waals surface area contributed by atoms with Crippen LogP contribution in [0.25, 0.3) is 0 Å². The molecule has 7 heteroatoms. The number of rotatable bonds is 3. The third-order valence-electron chi connectivity index (χ3n) is 4.61. The van der Waals surface area contributed by atoms with E-state index in [4.69, 9.17) is 5.84 Å². The van der Waals surface area contributed by atoms with Crippen LogP contribution in [0.1, 0.15) is 32.1 Å². The highest BCUT2D eigenvalue weighted by Crippen LogP contribution is 2.35. The molecule has 0 spiro atoms. The van der Waals surface area contributed by atoms with Crippen LogP contribution in [0.2, 0.25) is 0 Å². The van der Waals surface area contributed by atoms with Gasteiger partial charge in [-0.2, -0.15) is 0 Å². The summed E-state index contributed by atoms with van der Waals surface area (Å²) in [5, 5.41) is 3.55. The molecule has 2 atom stereocenters. The molecule has 4 N–H and O–H groups in total. The molecule has 20 heavy (non-hydrogen) atoms. The van der Waals surface area contributed by atoms with Gasteiger partial charge in [0.15, 0.2) is 5.82 Å². The Bertz CT molecular complexity index is 468. The lowest BCUT2D eigenvalue weighted by atomic mass is 9.82. The second kappa shape index (κ2) is 5.83. The molecule has 0 amide bonds. The average Bonchev–Trinajstić information content (AvgIpc) is 2.42. The minimum Gasteiger partial charge on any atom is -0.366 e. The first-order valence-electron chi connectivity index (χ1n) is 7.14. The predicted octanol–water partition coefficient (Wildman–Crippen LogP) is 1.95. The number of piperidine rings is 2. The Labute approximate surface area is 127 Å². The van der Waals surface area contributed by atoms with Gasteiger partial charge in [-0.3, -0.25) is 0 Å². The summed E-state index contributed by atoms with van der Waals surface area (Å²) in [7, 11) is 2.27. The minimum absolute atomic E-state index is 0.471. The molecular weight excluding hydrogens is 320 g/mol. The van der Waals surface area contributed by atoms with Crippen molar-refractivity contribution in [2.24, 2.45) is 5.84 Å². The number of aromatic nitrogens is 2. The number of hydrogen-bond donors (Lipinski definition) is 3. The van der Waals surface area contributed by atoms with E-state index in [1.165, 1.54) is 38.4 Å². The highest BCUT2D eigenvalue weighted by atomic mass is 79.9. The van der Waals surface area contributed by atoms with Gasteiger partial charge in [0, 0.05) is 18.1 Å². The molecule has 2 aliphatic heterocycles. The summed E-state index contributed by atoms with van der Waals surface area (Å²) >= 11 is 3.50. The zero-order valence-electron chi connectivity index (χ0n) is 11.6. The van der Waals surface area contributed by atoms with E-state index < -0.39 is 0 Å². The summed E-state index contributed by atoms with van der Waals surface area (Å²) in [6, 6.07) is 1.87. The van der Waals surface area contributed by atoms with Crippen molar-refractivity contribution in [1.29, 1.82) is 0 Å². The zero-order valence-corrected chi connectivity index (χ0v) is 13.2. The standard InChI is InChI=1S/C13H21BrN6/c1-20-9-3-2-4-10(20)6-8(5-9)18-12-11(14)13(19-15)17-7-16-12/h7-10H,2-6,15H2,1H3,(H2,16,17,18,19). The van der Waals surface area contributed by atoms with Gasteiger partial charge in [0.2, 0.25) is 0 Å². The van der Waals surface area contributed by atoms with Gasteiger partial charge in [-0.05, 0) is 48.7 Å². The third kappa shape index (κ3) is 2.62. The second-order valence-electron chi connectivity index (χ2n) is 5.75. The van der Waals surface area contributed by atoms with Gasteiger partial charge in [-0.25, -0.2) is 15.8 Å². The number of nitrogen functional groups attached to an aromatic ring is 1. The molecule has 2 fully saturated rings. The molecule has 110 valence electrons. The Kier molecular flexibility index (Phi) is 4.09. The lowest BCUT2D eigenvalue weighted by Gasteiger charge is -2.47. The molecule has 0 aliphatic carbocycles. The van der Waals surface area contributed by atoms with Crippen LogP contribution in [0.5, 0.6) is 0 Å². The fourth-order valence-electron chi connectivity index (χ4n) is 3.50. The first-order chi connectivity index (χ1) is 9.69. The number of nitrogens with two attached hydrogens (primary N) is 1. The van der Waals surface area contributed by atoms with Crippen molar-refractivity contribution >= 4 is 27.6 Å². The van der Waals surface area contributed by atoms with Gasteiger partial charge in [-0.15, -0.1) is 0 Å². The summed E-state index contributed by atoms with van der Waals surface area (Å²) in [4.78, 5) is 11.0. The SMILES string of the molecule is CN1C2CCCC1CC(Nc1ncnc(NN)c1Br)C2. The lowest BCUT2D eigenvalue weighted by molar-refractivity contribution is 0.0608. The van der Waals surface area contributed by atoms with Crippen LogP contribution in [0.4, 0.5) is 11.6 Å². The van der Waals surface area contributed by atoms with Gasteiger partial charge < -0.3 is 15.6 Å². The van der Waals surface area contributed by atoms with E-state index in [-0.39, 0.29) is 0 Å². The first-order valence-corrected chi connectivity index (χ1v) is 7.94. The number of nitrogens with one attached hydrogen (secondary N) is 2. The molecule has 3 heterocycles. The second-order valence-corrected chi connectivity index (χ2v) is 6.54. The largest absolute Gasteiger partial charge is 0.366 e. The number of hydrogen-bond acceptors (Lipinski definition) is 6. The summed E-state index contributed by atoms with van der Waals surface area (Å²) in [5.41, 5.74) is 2.57. The summed E-state index contributed by atoms with van der Waals surface area (Å²) in [5.74, 6) is 6.87. The molecule has 2 bridgehead atoms. The number of anilines is 2. The lowest BCUT2D eigenvalue weighted by Crippen LogP contribution is -2.52. The van der Waals surface area contributed by atoms with Crippen molar-refractivity contribution in [3.8, 4) is 0 Å². The molecule has 1 aromatic rings. The van der Waals surface area contributed by atoms with Crippen molar-refractivity contribution in [3.05, 3.63) is 10.8 Å². The monoisotopic (exact) mass is 340 g/mol. The molecule has 0 aromatic carbocycles. The topological polar surface area (TPSA) is 79.1 Å². The van der Waals surface area contributed by atoms with Crippen molar-refractivity contribution < 1.29 is 0 Å². The molecule has 6 nitrogen and oxygen atoms in total. The van der Waals surface area contributed by atoms with Crippen LogP contribution in [-0.2, 0) is 0 Å². The van der Waals surface area contributed by atoms with Crippen LogP contribution < -0.4 is 16.6 Å². The maximum atomic E-state index is 5.44. The van der Waals surface area contributed by atoms with E-state index in [1.807, 2.05) is 0 Å². The molecule has 1 aromatic heterocycles. The summed E-state index contributed by atoms with van der Waals surface area (Å²) < 4.78 is 0.798. The molecule has 2 saturated heterocycles. The molecule has 0 radical (unpaired) electrons.